The first-order valence-electron chi connectivity index (χ1n) is 12.8. The van der Waals surface area contributed by atoms with Crippen molar-refractivity contribution in [2.45, 2.75) is 25.4 Å². The van der Waals surface area contributed by atoms with E-state index < -0.39 is 0 Å². The lowest BCUT2D eigenvalue weighted by molar-refractivity contribution is 0.0594. The number of piperidine rings is 1. The number of pyridine rings is 2. The van der Waals surface area contributed by atoms with Gasteiger partial charge in [-0.25, -0.2) is 9.37 Å². The molecule has 0 radical (unpaired) electrons. The number of carbonyl (C=O) groups excluding carboxylic acids is 2. The number of nitrogens with zero attached hydrogens (tertiary/aromatic N) is 4. The lowest BCUT2D eigenvalue weighted by atomic mass is 10.1. The van der Waals surface area contributed by atoms with Crippen molar-refractivity contribution in [1.29, 1.82) is 5.26 Å². The van der Waals surface area contributed by atoms with Gasteiger partial charge in [-0.1, -0.05) is 6.07 Å². The third-order valence-electron chi connectivity index (χ3n) is 6.51. The van der Waals surface area contributed by atoms with Gasteiger partial charge in [-0.15, -0.1) is 0 Å². The number of Topliss-reactive ketones (excluding diaryl/α,β-unsaturated/α-hetero) is 1. The summed E-state index contributed by atoms with van der Waals surface area (Å²) in [7, 11) is 0. The van der Waals surface area contributed by atoms with Gasteiger partial charge >= 0.3 is 0 Å². The Morgan fingerprint density at radius 2 is 1.62 bits per heavy atom. The third-order valence-corrected chi connectivity index (χ3v) is 6.51. The molecule has 2 aromatic heterocycles. The van der Waals surface area contributed by atoms with Crippen LogP contribution in [0.1, 0.15) is 44.8 Å². The van der Waals surface area contributed by atoms with E-state index in [1.807, 2.05) is 0 Å². The molecule has 1 fully saturated rings. The highest BCUT2D eigenvalue weighted by Gasteiger charge is 2.25. The molecule has 0 bridgehead atoms. The molecule has 1 aliphatic rings. The van der Waals surface area contributed by atoms with Crippen LogP contribution in [0.25, 0.3) is 0 Å². The molecule has 2 aromatic carbocycles. The third kappa shape index (κ3) is 6.66. The summed E-state index contributed by atoms with van der Waals surface area (Å²) < 4.78 is 24.7. The molecular weight excluding hydrogens is 511 g/mol. The van der Waals surface area contributed by atoms with Crippen molar-refractivity contribution in [3.8, 4) is 23.4 Å². The van der Waals surface area contributed by atoms with Crippen LogP contribution < -0.4 is 9.47 Å². The highest BCUT2D eigenvalue weighted by atomic mass is 19.1. The van der Waals surface area contributed by atoms with E-state index in [4.69, 9.17) is 14.7 Å². The predicted molar refractivity (Wildman–Crippen MR) is 144 cm³/mol. The Bertz CT molecular complexity index is 1510. The Morgan fingerprint density at radius 3 is 2.25 bits per heavy atom. The molecule has 8 nitrogen and oxygen atoms in total. The number of halogens is 1. The van der Waals surface area contributed by atoms with Gasteiger partial charge in [0, 0.05) is 50.8 Å². The first kappa shape index (κ1) is 26.5. The molecule has 1 aliphatic heterocycles. The van der Waals surface area contributed by atoms with E-state index >= 15 is 0 Å². The van der Waals surface area contributed by atoms with Crippen molar-refractivity contribution >= 4 is 11.7 Å². The lowest BCUT2D eigenvalue weighted by Crippen LogP contribution is -2.41. The number of benzene rings is 2. The summed E-state index contributed by atoms with van der Waals surface area (Å²) in [6.45, 7) is 1.06. The number of hydrogen-bond acceptors (Lipinski definition) is 7. The largest absolute Gasteiger partial charge is 0.490 e. The summed E-state index contributed by atoms with van der Waals surface area (Å²) in [6.07, 6.45) is 4.39. The molecule has 0 unspecified atom stereocenters. The van der Waals surface area contributed by atoms with Crippen molar-refractivity contribution in [3.63, 3.8) is 0 Å². The van der Waals surface area contributed by atoms with E-state index in [1.54, 1.807) is 71.8 Å². The molecule has 40 heavy (non-hydrogen) atoms. The number of amides is 1. The van der Waals surface area contributed by atoms with Gasteiger partial charge in [0.2, 0.25) is 5.88 Å². The molecular formula is C31H25FN4O4. The highest BCUT2D eigenvalue weighted by Crippen LogP contribution is 2.22. The first-order valence-corrected chi connectivity index (χ1v) is 12.8. The molecule has 4 aromatic rings. The van der Waals surface area contributed by atoms with E-state index in [0.29, 0.717) is 60.0 Å². The van der Waals surface area contributed by atoms with Crippen LogP contribution in [0.2, 0.25) is 0 Å². The summed E-state index contributed by atoms with van der Waals surface area (Å²) >= 11 is 0. The highest BCUT2D eigenvalue weighted by molar-refractivity contribution is 5.98. The summed E-state index contributed by atoms with van der Waals surface area (Å²) in [5.74, 6) is 0.880. The molecule has 9 heteroatoms. The van der Waals surface area contributed by atoms with E-state index in [-0.39, 0.29) is 35.7 Å². The number of nitriles is 1. The van der Waals surface area contributed by atoms with E-state index in [0.717, 1.165) is 0 Å². The van der Waals surface area contributed by atoms with Gasteiger partial charge in [-0.05, 0) is 66.2 Å². The first-order chi connectivity index (χ1) is 19.5. The van der Waals surface area contributed by atoms with Gasteiger partial charge in [-0.3, -0.25) is 14.6 Å². The van der Waals surface area contributed by atoms with Gasteiger partial charge in [0.25, 0.3) is 5.91 Å². The van der Waals surface area contributed by atoms with Crippen LogP contribution in [0.15, 0.2) is 85.2 Å². The molecule has 0 N–H and O–H groups in total. The molecule has 200 valence electrons. The molecule has 1 amide bonds. The van der Waals surface area contributed by atoms with Gasteiger partial charge < -0.3 is 14.4 Å². The summed E-state index contributed by atoms with van der Waals surface area (Å²) in [4.78, 5) is 35.9. The number of ether oxygens (including phenoxy) is 2. The number of rotatable bonds is 8. The smallest absolute Gasteiger partial charge is 0.255 e. The van der Waals surface area contributed by atoms with Crippen molar-refractivity contribution in [3.05, 3.63) is 113 Å². The second-order valence-electron chi connectivity index (χ2n) is 9.34. The van der Waals surface area contributed by atoms with Crippen LogP contribution in [0.4, 0.5) is 4.39 Å². The van der Waals surface area contributed by atoms with Gasteiger partial charge in [0.1, 0.15) is 29.1 Å². The van der Waals surface area contributed by atoms with Gasteiger partial charge in [0.15, 0.2) is 5.78 Å². The maximum absolute atomic E-state index is 13.1. The molecule has 0 spiro atoms. The normalized spacial score (nSPS) is 13.3. The van der Waals surface area contributed by atoms with Crippen molar-refractivity contribution in [1.82, 2.24) is 14.9 Å². The van der Waals surface area contributed by atoms with Crippen LogP contribution >= 0.6 is 0 Å². The van der Waals surface area contributed by atoms with Crippen molar-refractivity contribution in [2.24, 2.45) is 0 Å². The minimum absolute atomic E-state index is 0.0429. The SMILES string of the molecule is N#Cc1ccc(Oc2ccc(CC(=O)c3ccc(C(=O)N4CCC(Oc5ccc(F)cc5)CC4)cn3)cn2)cc1. The molecule has 1 saturated heterocycles. The van der Waals surface area contributed by atoms with Crippen LogP contribution in [-0.4, -0.2) is 45.8 Å². The summed E-state index contributed by atoms with van der Waals surface area (Å²) in [5.41, 5.74) is 1.92. The molecule has 3 heterocycles. The van der Waals surface area contributed by atoms with Crippen LogP contribution in [-0.2, 0) is 6.42 Å². The fraction of sp³-hybridized carbons (Fsp3) is 0.194. The zero-order valence-corrected chi connectivity index (χ0v) is 21.5. The fourth-order valence-electron chi connectivity index (χ4n) is 4.32. The average Bonchev–Trinajstić information content (AvgIpc) is 3.00. The number of hydrogen-bond donors (Lipinski definition) is 0. The average molecular weight is 537 g/mol. The van der Waals surface area contributed by atoms with E-state index in [1.165, 1.54) is 18.3 Å². The Kier molecular flexibility index (Phi) is 8.07. The van der Waals surface area contributed by atoms with E-state index in [2.05, 4.69) is 16.0 Å². The second kappa shape index (κ2) is 12.2. The number of aromatic nitrogens is 2. The molecule has 0 saturated carbocycles. The molecule has 0 atom stereocenters. The standard InChI is InChI=1S/C31H25FN4O4/c32-24-5-9-25(10-6-24)39-27-13-15-36(16-14-27)31(38)23-4-11-28(34-20-23)29(37)17-22-3-12-30(35-19-22)40-26-7-1-21(18-33)2-8-26/h1-12,19-20,27H,13-17H2. The minimum Gasteiger partial charge on any atom is -0.490 e. The second-order valence-corrected chi connectivity index (χ2v) is 9.34. The maximum atomic E-state index is 13.1. The Hall–Kier alpha value is -5.10. The zero-order valence-electron chi connectivity index (χ0n) is 21.5. The Labute approximate surface area is 230 Å². The van der Waals surface area contributed by atoms with Crippen LogP contribution in [0, 0.1) is 17.1 Å². The fourth-order valence-corrected chi connectivity index (χ4v) is 4.32. The van der Waals surface area contributed by atoms with Gasteiger partial charge in [-0.2, -0.15) is 5.26 Å². The summed E-state index contributed by atoms with van der Waals surface area (Å²) in [5, 5.41) is 8.88. The molecule has 5 rings (SSSR count). The predicted octanol–water partition coefficient (Wildman–Crippen LogP) is 5.39. The monoisotopic (exact) mass is 536 g/mol. The number of ketones is 1. The quantitative estimate of drug-likeness (QED) is 0.278. The summed E-state index contributed by atoms with van der Waals surface area (Å²) in [6, 6.07) is 21.3. The number of likely N-dealkylation sites (tertiary alicyclic amines) is 1. The van der Waals surface area contributed by atoms with Crippen molar-refractivity contribution in [2.75, 3.05) is 13.1 Å². The zero-order chi connectivity index (χ0) is 27.9. The molecule has 0 aliphatic carbocycles. The lowest BCUT2D eigenvalue weighted by Gasteiger charge is -2.32. The van der Waals surface area contributed by atoms with Crippen LogP contribution in [0.5, 0.6) is 17.4 Å². The van der Waals surface area contributed by atoms with E-state index in [9.17, 15) is 14.0 Å². The number of carbonyl (C=O) groups is 2. The topological polar surface area (TPSA) is 105 Å². The van der Waals surface area contributed by atoms with Gasteiger partial charge in [0.05, 0.1) is 17.2 Å². The Balaban J connectivity index is 1.11. The Morgan fingerprint density at radius 1 is 0.900 bits per heavy atom. The maximum Gasteiger partial charge on any atom is 0.255 e. The minimum atomic E-state index is -0.313. The van der Waals surface area contributed by atoms with Crippen LogP contribution in [0.3, 0.4) is 0 Å². The van der Waals surface area contributed by atoms with Crippen molar-refractivity contribution < 1.29 is 23.5 Å².